The maximum atomic E-state index is 9.33. The highest BCUT2D eigenvalue weighted by atomic mass is 32.1. The summed E-state index contributed by atoms with van der Waals surface area (Å²) >= 11 is 4.14. The second-order valence-corrected chi connectivity index (χ2v) is 5.61. The molecule has 18 heavy (non-hydrogen) atoms. The number of phenolic OH excluding ortho intramolecular Hbond substituents is 2. The molecule has 6 heteroatoms. The lowest BCUT2D eigenvalue weighted by Crippen LogP contribution is -2.28. The molecule has 0 heterocycles. The second kappa shape index (κ2) is 8.42. The molecule has 1 aromatic rings. The minimum absolute atomic E-state index is 0.0463. The van der Waals surface area contributed by atoms with E-state index in [-0.39, 0.29) is 16.5 Å². The Morgan fingerprint density at radius 3 is 2.61 bits per heavy atom. The van der Waals surface area contributed by atoms with Crippen molar-refractivity contribution in [3.05, 3.63) is 23.8 Å². The van der Waals surface area contributed by atoms with E-state index in [9.17, 15) is 10.2 Å². The average molecular weight is 283 g/mol. The molecule has 0 amide bonds. The molecule has 0 saturated carbocycles. The van der Waals surface area contributed by atoms with Gasteiger partial charge in [-0.25, -0.2) is 0 Å². The van der Waals surface area contributed by atoms with Crippen molar-refractivity contribution in [3.63, 3.8) is 0 Å². The third-order valence-electron chi connectivity index (χ3n) is 2.50. The first-order chi connectivity index (χ1) is 8.59. The number of hydrogen-bond acceptors (Lipinski definition) is 5. The number of aromatic hydroxyl groups is 2. The molecule has 0 aliphatic heterocycles. The molecule has 1 rings (SSSR count). The zero-order valence-electron chi connectivity index (χ0n) is 10.2. The summed E-state index contributed by atoms with van der Waals surface area (Å²) in [5.74, 6) is -0.137. The van der Waals surface area contributed by atoms with Gasteiger partial charge in [0, 0.05) is 5.00 Å². The maximum absolute atomic E-state index is 9.33. The summed E-state index contributed by atoms with van der Waals surface area (Å²) in [5, 5.41) is 25.0. The van der Waals surface area contributed by atoms with Crippen molar-refractivity contribution < 1.29 is 10.2 Å². The lowest BCUT2D eigenvalue weighted by Gasteiger charge is -2.08. The van der Waals surface area contributed by atoms with E-state index in [4.69, 9.17) is 0 Å². The maximum Gasteiger partial charge on any atom is 0.157 e. The monoisotopic (exact) mass is 283 g/mol. The van der Waals surface area contributed by atoms with Crippen molar-refractivity contribution in [1.82, 2.24) is 10.6 Å². The van der Waals surface area contributed by atoms with E-state index >= 15 is 0 Å². The summed E-state index contributed by atoms with van der Waals surface area (Å²) < 4.78 is 0. The van der Waals surface area contributed by atoms with Gasteiger partial charge >= 0.3 is 0 Å². The zero-order chi connectivity index (χ0) is 13.4. The lowest BCUT2D eigenvalue weighted by atomic mass is 10.1. The van der Waals surface area contributed by atoms with E-state index in [2.05, 4.69) is 33.5 Å². The number of thiol groups is 1. The Labute approximate surface area is 117 Å². The average Bonchev–Trinajstić information content (AvgIpc) is 2.32. The van der Waals surface area contributed by atoms with Crippen LogP contribution < -0.4 is 10.6 Å². The second-order valence-electron chi connectivity index (χ2n) is 4.03. The molecule has 0 saturated heterocycles. The van der Waals surface area contributed by atoms with Gasteiger partial charge in [-0.1, -0.05) is 6.07 Å². The van der Waals surface area contributed by atoms with Crippen molar-refractivity contribution in [1.29, 1.82) is 0 Å². The van der Waals surface area contributed by atoms with Crippen molar-refractivity contribution >= 4 is 22.9 Å². The Balaban J connectivity index is 2.09. The zero-order valence-corrected chi connectivity index (χ0v) is 12.1. The van der Waals surface area contributed by atoms with Crippen molar-refractivity contribution in [2.24, 2.45) is 0 Å². The Morgan fingerprint density at radius 2 is 1.94 bits per heavy atom. The van der Waals surface area contributed by atoms with Gasteiger partial charge in [-0.05, 0) is 50.2 Å². The van der Waals surface area contributed by atoms with E-state index in [1.165, 1.54) is 6.07 Å². The van der Waals surface area contributed by atoms with Crippen LogP contribution in [-0.2, 0) is 6.42 Å². The standard InChI is InChI=1S/C12H19N2O2SSi/c15-10-3-2-9(8-11(10)16)4-7-13-5-1-6-14-12(17)18/h2-3,8,12-17H,1,4-7H2. The van der Waals surface area contributed by atoms with Gasteiger partial charge in [0.2, 0.25) is 0 Å². The molecule has 4 N–H and O–H groups in total. The predicted molar refractivity (Wildman–Crippen MR) is 77.5 cm³/mol. The van der Waals surface area contributed by atoms with Crippen LogP contribution in [0.15, 0.2) is 18.2 Å². The van der Waals surface area contributed by atoms with Crippen LogP contribution >= 0.6 is 12.6 Å². The van der Waals surface area contributed by atoms with Crippen molar-refractivity contribution in [3.8, 4) is 11.5 Å². The topological polar surface area (TPSA) is 64.5 Å². The Morgan fingerprint density at radius 1 is 1.17 bits per heavy atom. The van der Waals surface area contributed by atoms with E-state index < -0.39 is 0 Å². The summed E-state index contributed by atoms with van der Waals surface area (Å²) in [4.78, 5) is 0.0463. The highest BCUT2D eigenvalue weighted by Gasteiger charge is 2.00. The highest BCUT2D eigenvalue weighted by Crippen LogP contribution is 2.24. The molecule has 3 radical (unpaired) electrons. The van der Waals surface area contributed by atoms with Crippen LogP contribution in [0.5, 0.6) is 11.5 Å². The normalized spacial score (nSPS) is 12.6. The van der Waals surface area contributed by atoms with Gasteiger partial charge in [0.25, 0.3) is 0 Å². The van der Waals surface area contributed by atoms with Gasteiger partial charge < -0.3 is 20.8 Å². The first-order valence-electron chi connectivity index (χ1n) is 5.94. The van der Waals surface area contributed by atoms with E-state index in [0.717, 1.165) is 38.0 Å². The van der Waals surface area contributed by atoms with Crippen molar-refractivity contribution in [2.75, 3.05) is 19.6 Å². The van der Waals surface area contributed by atoms with Crippen LogP contribution in [-0.4, -0.2) is 45.1 Å². The number of phenols is 2. The van der Waals surface area contributed by atoms with Gasteiger partial charge in [0.1, 0.15) is 0 Å². The fraction of sp³-hybridized carbons (Fsp3) is 0.500. The molecular weight excluding hydrogens is 264 g/mol. The number of benzene rings is 1. The predicted octanol–water partition coefficient (Wildman–Crippen LogP) is 0.591. The van der Waals surface area contributed by atoms with Crippen LogP contribution in [0.25, 0.3) is 0 Å². The summed E-state index contributed by atoms with van der Waals surface area (Å²) in [6.45, 7) is 2.69. The van der Waals surface area contributed by atoms with Gasteiger partial charge in [-0.2, -0.15) is 12.6 Å². The van der Waals surface area contributed by atoms with E-state index in [1.807, 2.05) is 6.07 Å². The summed E-state index contributed by atoms with van der Waals surface area (Å²) in [7, 11) is 3.34. The van der Waals surface area contributed by atoms with Gasteiger partial charge in [0.15, 0.2) is 11.5 Å². The van der Waals surface area contributed by atoms with Crippen LogP contribution in [0.4, 0.5) is 0 Å². The molecule has 0 aliphatic rings. The van der Waals surface area contributed by atoms with Crippen LogP contribution in [0.2, 0.25) is 0 Å². The molecule has 1 aromatic carbocycles. The first kappa shape index (κ1) is 15.4. The number of hydrogen-bond donors (Lipinski definition) is 5. The fourth-order valence-corrected chi connectivity index (χ4v) is 1.81. The highest BCUT2D eigenvalue weighted by molar-refractivity contribution is 7.82. The van der Waals surface area contributed by atoms with Gasteiger partial charge in [-0.15, -0.1) is 0 Å². The molecule has 4 nitrogen and oxygen atoms in total. The molecule has 0 aromatic heterocycles. The van der Waals surface area contributed by atoms with Gasteiger partial charge in [0.05, 0.1) is 10.2 Å². The lowest BCUT2D eigenvalue weighted by molar-refractivity contribution is 0.403. The number of rotatable bonds is 8. The molecule has 1 atom stereocenters. The smallest absolute Gasteiger partial charge is 0.157 e. The fourth-order valence-electron chi connectivity index (χ4n) is 1.53. The summed E-state index contributed by atoms with van der Waals surface area (Å²) in [6, 6.07) is 4.92. The third-order valence-corrected chi connectivity index (χ3v) is 2.88. The summed E-state index contributed by atoms with van der Waals surface area (Å²) in [5.41, 5.74) is 1.01. The molecule has 0 bridgehead atoms. The third kappa shape index (κ3) is 6.30. The molecule has 99 valence electrons. The molecule has 1 unspecified atom stereocenters. The number of nitrogens with one attached hydrogen (secondary N) is 2. The van der Waals surface area contributed by atoms with Crippen LogP contribution in [0.1, 0.15) is 12.0 Å². The minimum Gasteiger partial charge on any atom is -0.504 e. The van der Waals surface area contributed by atoms with Crippen LogP contribution in [0.3, 0.4) is 0 Å². The molecule has 0 spiro atoms. The molecule has 0 aliphatic carbocycles. The van der Waals surface area contributed by atoms with Crippen LogP contribution in [0, 0.1) is 0 Å². The Kier molecular flexibility index (Phi) is 7.18. The van der Waals surface area contributed by atoms with Gasteiger partial charge in [-0.3, -0.25) is 0 Å². The van der Waals surface area contributed by atoms with Crippen molar-refractivity contribution in [2.45, 2.75) is 17.8 Å². The quantitative estimate of drug-likeness (QED) is 0.159. The molecule has 0 fully saturated rings. The first-order valence-corrected chi connectivity index (χ1v) is 7.03. The Bertz CT molecular complexity index is 364. The summed E-state index contributed by atoms with van der Waals surface area (Å²) in [6.07, 6.45) is 1.86. The SMILES string of the molecule is Oc1ccc(CCNCCCNC([Si])S)cc1O. The molecular formula is C12H19N2O2SSi. The minimum atomic E-state index is -0.0753. The van der Waals surface area contributed by atoms with E-state index in [0.29, 0.717) is 0 Å². The largest absolute Gasteiger partial charge is 0.504 e. The van der Waals surface area contributed by atoms with E-state index in [1.54, 1.807) is 6.07 Å². The Hall–Kier alpha value is -0.693.